The number of aromatic nitrogens is 1. The second-order valence-corrected chi connectivity index (χ2v) is 10.5. The zero-order valence-electron chi connectivity index (χ0n) is 21.6. The van der Waals surface area contributed by atoms with Gasteiger partial charge >= 0.3 is 6.09 Å². The van der Waals surface area contributed by atoms with Crippen molar-refractivity contribution in [2.24, 2.45) is 0 Å². The average Bonchev–Trinajstić information content (AvgIpc) is 2.88. The number of carbonyl (C=O) groups is 2. The first-order valence-corrected chi connectivity index (χ1v) is 13.3. The van der Waals surface area contributed by atoms with Crippen LogP contribution in [0.25, 0.3) is 0 Å². The van der Waals surface area contributed by atoms with E-state index in [1.807, 2.05) is 0 Å². The number of pyridine rings is 1. The van der Waals surface area contributed by atoms with E-state index in [0.29, 0.717) is 50.3 Å². The summed E-state index contributed by atoms with van der Waals surface area (Å²) in [5.41, 5.74) is -1.92. The molecule has 0 bridgehead atoms. The lowest BCUT2D eigenvalue weighted by Crippen LogP contribution is -2.63. The van der Waals surface area contributed by atoms with Crippen LogP contribution in [0.3, 0.4) is 0 Å². The Hall–Kier alpha value is -3.74. The molecule has 2 amide bonds. The molecule has 1 fully saturated rings. The number of fused-ring (bicyclic) bond motifs is 1. The van der Waals surface area contributed by atoms with Gasteiger partial charge in [-0.2, -0.15) is 0 Å². The molecule has 1 spiro atoms. The van der Waals surface area contributed by atoms with Gasteiger partial charge in [0.15, 0.2) is 11.4 Å². The molecule has 13 heteroatoms. The number of rotatable bonds is 5. The molecule has 2 aromatic rings. The van der Waals surface area contributed by atoms with Gasteiger partial charge in [-0.15, -0.1) is 0 Å². The number of piperidine rings is 1. The lowest BCUT2D eigenvalue weighted by molar-refractivity contribution is 0.000860. The van der Waals surface area contributed by atoms with Crippen LogP contribution in [-0.4, -0.2) is 73.3 Å². The molecule has 1 aromatic heterocycles. The molecule has 3 heterocycles. The van der Waals surface area contributed by atoms with Gasteiger partial charge in [-0.05, 0) is 38.3 Å². The Morgan fingerprint density at radius 3 is 2.49 bits per heavy atom. The predicted molar refractivity (Wildman–Crippen MR) is 142 cm³/mol. The zero-order chi connectivity index (χ0) is 28.5. The third-order valence-corrected chi connectivity index (χ3v) is 7.93. The highest BCUT2D eigenvalue weighted by molar-refractivity contribution is 8.26. The number of amides is 2. The van der Waals surface area contributed by atoms with Crippen molar-refractivity contribution in [1.29, 1.82) is 10.8 Å². The minimum Gasteiger partial charge on any atom is -0.503 e. The molecule has 1 aromatic carbocycles. The van der Waals surface area contributed by atoms with Gasteiger partial charge in [-0.1, -0.05) is 17.8 Å². The van der Waals surface area contributed by atoms with Crippen molar-refractivity contribution < 1.29 is 28.2 Å². The van der Waals surface area contributed by atoms with E-state index in [0.717, 1.165) is 6.07 Å². The Morgan fingerprint density at radius 1 is 1.18 bits per heavy atom. The second kappa shape index (κ2) is 11.2. The van der Waals surface area contributed by atoms with Gasteiger partial charge in [0, 0.05) is 44.9 Å². The van der Waals surface area contributed by atoms with Crippen LogP contribution in [0.1, 0.15) is 48.3 Å². The summed E-state index contributed by atoms with van der Waals surface area (Å²) in [5, 5.41) is 26.9. The molecule has 2 aliphatic rings. The fourth-order valence-corrected chi connectivity index (χ4v) is 5.92. The molecule has 208 valence electrons. The summed E-state index contributed by atoms with van der Waals surface area (Å²) in [6.07, 6.45) is 1.60. The van der Waals surface area contributed by atoms with Gasteiger partial charge < -0.3 is 24.2 Å². The molecule has 0 unspecified atom stereocenters. The van der Waals surface area contributed by atoms with Crippen LogP contribution >= 0.6 is 11.8 Å². The fraction of sp³-hybridized carbons (Fsp3) is 0.423. The number of likely N-dealkylation sites (N-methyl/N-ethyl adjacent to an activating group) is 1. The number of nitrogens with one attached hydrogen (secondary N) is 2. The van der Waals surface area contributed by atoms with Crippen molar-refractivity contribution in [1.82, 2.24) is 14.4 Å². The first-order valence-electron chi connectivity index (χ1n) is 12.5. The zero-order valence-corrected chi connectivity index (χ0v) is 22.4. The summed E-state index contributed by atoms with van der Waals surface area (Å²) in [6.45, 7) is 5.06. The van der Waals surface area contributed by atoms with Crippen LogP contribution in [0.4, 0.5) is 13.6 Å². The summed E-state index contributed by atoms with van der Waals surface area (Å²) in [7, 11) is 0. The number of hydrogen-bond donors (Lipinski definition) is 3. The topological polar surface area (TPSA) is 140 Å². The van der Waals surface area contributed by atoms with Crippen molar-refractivity contribution in [2.75, 3.05) is 26.2 Å². The number of halogens is 2. The Balaban J connectivity index is 1.59. The lowest BCUT2D eigenvalue weighted by atomic mass is 9.83. The van der Waals surface area contributed by atoms with E-state index in [9.17, 15) is 28.3 Å². The number of benzene rings is 1. The molecule has 0 atom stereocenters. The first kappa shape index (κ1) is 28.3. The van der Waals surface area contributed by atoms with Crippen molar-refractivity contribution in [2.45, 2.75) is 45.2 Å². The highest BCUT2D eigenvalue weighted by Crippen LogP contribution is 2.37. The fourth-order valence-electron chi connectivity index (χ4n) is 5.19. The van der Waals surface area contributed by atoms with Gasteiger partial charge in [0.1, 0.15) is 16.7 Å². The van der Waals surface area contributed by atoms with E-state index in [4.69, 9.17) is 15.6 Å². The molecule has 3 N–H and O–H groups in total. The Kier molecular flexibility index (Phi) is 8.09. The van der Waals surface area contributed by atoms with Crippen molar-refractivity contribution >= 4 is 33.8 Å². The molecule has 4 rings (SSSR count). The van der Waals surface area contributed by atoms with Crippen LogP contribution in [0.15, 0.2) is 29.2 Å². The summed E-state index contributed by atoms with van der Waals surface area (Å²) < 4.78 is 33.8. The first-order chi connectivity index (χ1) is 18.5. The van der Waals surface area contributed by atoms with E-state index in [1.54, 1.807) is 23.6 Å². The van der Waals surface area contributed by atoms with Crippen LogP contribution in [-0.2, 0) is 17.7 Å². The second-order valence-electron chi connectivity index (χ2n) is 9.42. The van der Waals surface area contributed by atoms with Crippen LogP contribution in [0.2, 0.25) is 0 Å². The average molecular weight is 562 g/mol. The quantitative estimate of drug-likeness (QED) is 0.377. The van der Waals surface area contributed by atoms with E-state index in [1.165, 1.54) is 16.8 Å². The Morgan fingerprint density at radius 2 is 1.87 bits per heavy atom. The number of ether oxygens (including phenoxy) is 1. The van der Waals surface area contributed by atoms with E-state index < -0.39 is 40.4 Å². The van der Waals surface area contributed by atoms with Crippen molar-refractivity contribution in [3.63, 3.8) is 0 Å². The molecule has 0 saturated carbocycles. The van der Waals surface area contributed by atoms with Gasteiger partial charge in [0.25, 0.3) is 5.91 Å². The molecule has 39 heavy (non-hydrogen) atoms. The number of nitrogens with zero attached hydrogens (tertiary/aromatic N) is 3. The maximum atomic E-state index is 14.0. The van der Waals surface area contributed by atoms with E-state index in [2.05, 4.69) is 0 Å². The molecule has 10 nitrogen and oxygen atoms in total. The molecular formula is C26H29F2N5O5S. The van der Waals surface area contributed by atoms with Gasteiger partial charge in [0.2, 0.25) is 5.43 Å². The maximum Gasteiger partial charge on any atom is 0.409 e. The Bertz CT molecular complexity index is 1400. The minimum atomic E-state index is -0.919. The van der Waals surface area contributed by atoms with Gasteiger partial charge in [0.05, 0.1) is 22.8 Å². The smallest absolute Gasteiger partial charge is 0.409 e. The van der Waals surface area contributed by atoms with E-state index in [-0.39, 0.29) is 46.5 Å². The highest BCUT2D eigenvalue weighted by Gasteiger charge is 2.48. The molecule has 1 saturated heterocycles. The monoisotopic (exact) mass is 561 g/mol. The van der Waals surface area contributed by atoms with E-state index >= 15 is 0 Å². The molecule has 2 aliphatic heterocycles. The maximum absolute atomic E-state index is 14.0. The third kappa shape index (κ3) is 5.40. The number of likely N-dealkylation sites (tertiary alicyclic amines) is 1. The highest BCUT2D eigenvalue weighted by atomic mass is 32.2. The number of carbonyl (C=O) groups excluding carboxylic acids is 2. The van der Waals surface area contributed by atoms with Crippen molar-refractivity contribution in [3.8, 4) is 5.75 Å². The normalized spacial score (nSPS) is 16.3. The van der Waals surface area contributed by atoms with Crippen LogP contribution < -0.4 is 5.43 Å². The molecule has 0 radical (unpaired) electrons. The molecule has 0 aliphatic carbocycles. The number of thioether (sulfide) groups is 1. The number of hydrogen-bond acceptors (Lipinski definition) is 8. The standard InChI is InChI=1S/C26H29F2N5O5S/c1-3-33-24(36)20-22(35)21(34)17(23(30)39-19(29)11-15-5-6-16(27)12-18(15)28)13-32(20)14-26(33)7-9-31(10-8-26)25(37)38-4-2/h5-6,12-13,29-30,35H,3-4,7-11,14H2,1-2H3. The largest absolute Gasteiger partial charge is 0.503 e. The summed E-state index contributed by atoms with van der Waals surface area (Å²) in [4.78, 5) is 41.9. The minimum absolute atomic E-state index is 0.0630. The third-order valence-electron chi connectivity index (χ3n) is 7.11. The molecular weight excluding hydrogens is 532 g/mol. The van der Waals surface area contributed by atoms with Gasteiger partial charge in [-0.25, -0.2) is 13.6 Å². The summed E-state index contributed by atoms with van der Waals surface area (Å²) >= 11 is 0.603. The predicted octanol–water partition coefficient (Wildman–Crippen LogP) is 3.58. The SMILES string of the molecule is CCOC(=O)N1CCC2(CC1)Cn1cc(C(=N)SC(=N)Cc3ccc(F)cc3F)c(=O)c(O)c1C(=O)N2CC. The lowest BCUT2D eigenvalue weighted by Gasteiger charge is -2.51. The summed E-state index contributed by atoms with van der Waals surface area (Å²) in [6, 6.07) is 2.98. The van der Waals surface area contributed by atoms with Crippen molar-refractivity contribution in [3.05, 3.63) is 63.1 Å². The van der Waals surface area contributed by atoms with Gasteiger partial charge in [-0.3, -0.25) is 20.4 Å². The van der Waals surface area contributed by atoms with Crippen LogP contribution in [0, 0.1) is 22.5 Å². The Labute approximate surface area is 227 Å². The number of aromatic hydroxyl groups is 1. The van der Waals surface area contributed by atoms with Crippen LogP contribution in [0.5, 0.6) is 5.75 Å². The summed E-state index contributed by atoms with van der Waals surface area (Å²) in [5.74, 6) is -2.87.